The number of para-hydroxylation sites is 1. The van der Waals surface area contributed by atoms with E-state index in [-0.39, 0.29) is 5.95 Å². The lowest BCUT2D eigenvalue weighted by atomic mass is 9.97. The van der Waals surface area contributed by atoms with E-state index < -0.39 is 11.7 Å². The smallest absolute Gasteiger partial charge is 0.336 e. The molecule has 7 rings (SSSR count). The molecule has 2 aromatic carbocycles. The Morgan fingerprint density at radius 2 is 1.83 bits per heavy atom. The van der Waals surface area contributed by atoms with Crippen molar-refractivity contribution >= 4 is 55.6 Å². The van der Waals surface area contributed by atoms with Gasteiger partial charge in [0.1, 0.15) is 0 Å². The predicted molar refractivity (Wildman–Crippen MR) is 131 cm³/mol. The third-order valence-electron chi connectivity index (χ3n) is 6.95. The first-order chi connectivity index (χ1) is 17.3. The average molecular weight is 508 g/mol. The van der Waals surface area contributed by atoms with E-state index in [2.05, 4.69) is 39.2 Å². The van der Waals surface area contributed by atoms with E-state index in [4.69, 9.17) is 16.7 Å². The number of hydrogen-bond donors (Lipinski definition) is 1. The van der Waals surface area contributed by atoms with Crippen molar-refractivity contribution in [3.8, 4) is 0 Å². The summed E-state index contributed by atoms with van der Waals surface area (Å²) < 4.78 is 41.0. The quantitative estimate of drug-likeness (QED) is 0.283. The largest absolute Gasteiger partial charge is 0.419 e. The number of hydrogen-bond acceptors (Lipinski definition) is 5. The summed E-state index contributed by atoms with van der Waals surface area (Å²) in [7, 11) is 0. The Morgan fingerprint density at radius 1 is 1.03 bits per heavy atom. The van der Waals surface area contributed by atoms with Crippen molar-refractivity contribution in [2.24, 2.45) is 0 Å². The van der Waals surface area contributed by atoms with Gasteiger partial charge >= 0.3 is 6.18 Å². The van der Waals surface area contributed by atoms with Crippen molar-refractivity contribution in [1.29, 1.82) is 0 Å². The Morgan fingerprint density at radius 3 is 2.61 bits per heavy atom. The zero-order valence-electron chi connectivity index (χ0n) is 18.9. The normalized spacial score (nSPS) is 14.4. The second-order valence-electron chi connectivity index (χ2n) is 9.04. The molecule has 0 spiro atoms. The SMILES string of the molecule is Cc1cccc2c3cc(Cl)c4[nH]ncc4c3c3c4c(nn3c12)CCN(c1ncc(C(F)(F)F)cn1)C4. The first-order valence-corrected chi connectivity index (χ1v) is 11.7. The first-order valence-electron chi connectivity index (χ1n) is 11.3. The van der Waals surface area contributed by atoms with Crippen LogP contribution in [-0.2, 0) is 19.1 Å². The van der Waals surface area contributed by atoms with E-state index >= 15 is 0 Å². The highest BCUT2D eigenvalue weighted by atomic mass is 35.5. The number of nitrogens with one attached hydrogen (secondary N) is 1. The molecule has 0 unspecified atom stereocenters. The Bertz CT molecular complexity index is 1840. The molecule has 0 aliphatic carbocycles. The van der Waals surface area contributed by atoms with Crippen molar-refractivity contribution in [2.75, 3.05) is 11.4 Å². The Hall–Kier alpha value is -3.92. The molecule has 5 heterocycles. The number of benzene rings is 2. The fourth-order valence-corrected chi connectivity index (χ4v) is 5.55. The molecule has 7 nitrogen and oxygen atoms in total. The summed E-state index contributed by atoms with van der Waals surface area (Å²) in [5, 5.41) is 16.7. The number of fused-ring (bicyclic) bond motifs is 10. The van der Waals surface area contributed by atoms with Gasteiger partial charge in [0.2, 0.25) is 5.95 Å². The number of alkyl halides is 3. The van der Waals surface area contributed by atoms with Gasteiger partial charge in [0.05, 0.1) is 39.0 Å². The Kier molecular flexibility index (Phi) is 4.33. The van der Waals surface area contributed by atoms with Gasteiger partial charge in [0, 0.05) is 53.6 Å². The molecule has 0 saturated carbocycles. The number of halogens is 4. The maximum atomic E-state index is 13.0. The average Bonchev–Trinajstić information content (AvgIpc) is 3.49. The second-order valence-corrected chi connectivity index (χ2v) is 9.44. The lowest BCUT2D eigenvalue weighted by molar-refractivity contribution is -0.138. The topological polar surface area (TPSA) is 75.0 Å². The van der Waals surface area contributed by atoms with E-state index in [9.17, 15) is 13.2 Å². The molecule has 0 saturated heterocycles. The Labute approximate surface area is 206 Å². The molecule has 0 fully saturated rings. The number of rotatable bonds is 1. The van der Waals surface area contributed by atoms with E-state index in [0.717, 1.165) is 67.3 Å². The molecule has 0 atom stereocenters. The van der Waals surface area contributed by atoms with Gasteiger partial charge in [-0.2, -0.15) is 23.4 Å². The van der Waals surface area contributed by atoms with Gasteiger partial charge < -0.3 is 4.90 Å². The highest BCUT2D eigenvalue weighted by Crippen LogP contribution is 2.41. The van der Waals surface area contributed by atoms with Gasteiger partial charge in [-0.15, -0.1) is 0 Å². The highest BCUT2D eigenvalue weighted by molar-refractivity contribution is 6.38. The molecule has 36 heavy (non-hydrogen) atoms. The maximum absolute atomic E-state index is 13.0. The summed E-state index contributed by atoms with van der Waals surface area (Å²) in [6.45, 7) is 3.01. The van der Waals surface area contributed by atoms with Crippen LogP contribution in [-0.4, -0.2) is 36.3 Å². The number of aryl methyl sites for hydroxylation is 1. The van der Waals surface area contributed by atoms with E-state index in [1.54, 1.807) is 6.20 Å². The van der Waals surface area contributed by atoms with Crippen molar-refractivity contribution in [3.05, 3.63) is 70.3 Å². The van der Waals surface area contributed by atoms with Crippen molar-refractivity contribution in [1.82, 2.24) is 29.8 Å². The number of anilines is 1. The molecule has 1 aliphatic rings. The summed E-state index contributed by atoms with van der Waals surface area (Å²) >= 11 is 6.64. The van der Waals surface area contributed by atoms with Crippen LogP contribution in [0.1, 0.15) is 22.4 Å². The van der Waals surface area contributed by atoms with Gasteiger partial charge in [-0.25, -0.2) is 14.5 Å². The molecule has 4 aromatic heterocycles. The van der Waals surface area contributed by atoms with Crippen LogP contribution in [0, 0.1) is 6.92 Å². The summed E-state index contributed by atoms with van der Waals surface area (Å²) in [5.74, 6) is 0.255. The third kappa shape index (κ3) is 2.94. The van der Waals surface area contributed by atoms with Crippen LogP contribution in [0.25, 0.3) is 38.1 Å². The highest BCUT2D eigenvalue weighted by Gasteiger charge is 2.32. The molecule has 0 bridgehead atoms. The summed E-state index contributed by atoms with van der Waals surface area (Å²) in [6.07, 6.45) is -0.442. The maximum Gasteiger partial charge on any atom is 0.419 e. The van der Waals surface area contributed by atoms with Crippen molar-refractivity contribution < 1.29 is 13.2 Å². The van der Waals surface area contributed by atoms with E-state index in [0.29, 0.717) is 24.5 Å². The first kappa shape index (κ1) is 21.4. The minimum absolute atomic E-state index is 0.255. The Balaban J connectivity index is 1.50. The standard InChI is InChI=1S/C25H17ClF3N7/c1-12-3-2-4-14-15-7-18(26)21-16(10-32-33-21)20(15)23-17-11-35(6-5-19(17)34-36(23)22(12)14)24-30-8-13(9-31-24)25(27,28)29/h2-4,7-10H,5-6,11H2,1H3,(H,32,33). The molecule has 1 aliphatic heterocycles. The van der Waals surface area contributed by atoms with Crippen LogP contribution < -0.4 is 4.90 Å². The molecule has 180 valence electrons. The van der Waals surface area contributed by atoms with Crippen LogP contribution in [0.4, 0.5) is 19.1 Å². The van der Waals surface area contributed by atoms with E-state index in [1.165, 1.54) is 0 Å². The fourth-order valence-electron chi connectivity index (χ4n) is 5.29. The lowest BCUT2D eigenvalue weighted by Crippen LogP contribution is -2.31. The van der Waals surface area contributed by atoms with Gasteiger partial charge in [-0.3, -0.25) is 5.10 Å². The van der Waals surface area contributed by atoms with Crippen LogP contribution in [0.3, 0.4) is 0 Å². The molecule has 11 heteroatoms. The minimum Gasteiger partial charge on any atom is -0.336 e. The summed E-state index contributed by atoms with van der Waals surface area (Å²) in [6, 6.07) is 8.09. The number of H-pyrrole nitrogens is 1. The lowest BCUT2D eigenvalue weighted by Gasteiger charge is -2.26. The number of aromatic nitrogens is 6. The summed E-state index contributed by atoms with van der Waals surface area (Å²) in [4.78, 5) is 9.93. The van der Waals surface area contributed by atoms with Gasteiger partial charge in [0.25, 0.3) is 0 Å². The van der Waals surface area contributed by atoms with Gasteiger partial charge in [0.15, 0.2) is 0 Å². The van der Waals surface area contributed by atoms with Crippen LogP contribution in [0.2, 0.25) is 5.02 Å². The minimum atomic E-state index is -4.48. The van der Waals surface area contributed by atoms with E-state index in [1.807, 2.05) is 21.5 Å². The van der Waals surface area contributed by atoms with Gasteiger partial charge in [-0.1, -0.05) is 29.8 Å². The monoisotopic (exact) mass is 507 g/mol. The van der Waals surface area contributed by atoms with Crippen LogP contribution in [0.5, 0.6) is 0 Å². The van der Waals surface area contributed by atoms with Crippen LogP contribution >= 0.6 is 11.6 Å². The number of aromatic amines is 1. The summed E-state index contributed by atoms with van der Waals surface area (Å²) in [5.41, 5.74) is 4.81. The molecule has 6 aromatic rings. The number of pyridine rings is 1. The second kappa shape index (κ2) is 7.30. The molecule has 1 N–H and O–H groups in total. The van der Waals surface area contributed by atoms with Crippen molar-refractivity contribution in [3.63, 3.8) is 0 Å². The van der Waals surface area contributed by atoms with Crippen LogP contribution in [0.15, 0.2) is 42.9 Å². The number of nitrogens with zero attached hydrogens (tertiary/aromatic N) is 6. The molecular formula is C25H17ClF3N7. The van der Waals surface area contributed by atoms with Gasteiger partial charge in [-0.05, 0) is 23.9 Å². The fraction of sp³-hybridized carbons (Fsp3) is 0.200. The zero-order valence-corrected chi connectivity index (χ0v) is 19.6. The molecular weight excluding hydrogens is 491 g/mol. The van der Waals surface area contributed by atoms with Crippen molar-refractivity contribution in [2.45, 2.75) is 26.1 Å². The molecule has 0 amide bonds. The molecule has 0 radical (unpaired) electrons. The zero-order chi connectivity index (χ0) is 24.8. The predicted octanol–water partition coefficient (Wildman–Crippen LogP) is 5.85. The third-order valence-corrected chi connectivity index (χ3v) is 7.25.